The standard InChI is InChI=1S/C12H11FN4O2S/c13-10-3-8(4-14)1-2-11(10)15-5-9(18)7-19-12-6-16-20-17-12/h1-3,6,9,15,18H,5,7H2. The summed E-state index contributed by atoms with van der Waals surface area (Å²) in [6.07, 6.45) is 0.622. The molecule has 1 atom stereocenters. The monoisotopic (exact) mass is 294 g/mol. The van der Waals surface area contributed by atoms with E-state index in [0.29, 0.717) is 5.88 Å². The van der Waals surface area contributed by atoms with Crippen LogP contribution in [0.25, 0.3) is 0 Å². The highest BCUT2D eigenvalue weighted by atomic mass is 32.1. The molecule has 2 N–H and O–H groups in total. The van der Waals surface area contributed by atoms with Crippen LogP contribution in [0.5, 0.6) is 5.88 Å². The van der Waals surface area contributed by atoms with Gasteiger partial charge in [0.2, 0.25) is 5.88 Å². The molecule has 0 aliphatic carbocycles. The van der Waals surface area contributed by atoms with Crippen molar-refractivity contribution in [3.63, 3.8) is 0 Å². The van der Waals surface area contributed by atoms with Crippen molar-refractivity contribution in [2.24, 2.45) is 0 Å². The molecule has 0 aliphatic heterocycles. The number of benzene rings is 1. The number of halogens is 1. The molecular weight excluding hydrogens is 283 g/mol. The van der Waals surface area contributed by atoms with Crippen molar-refractivity contribution in [1.82, 2.24) is 8.75 Å². The van der Waals surface area contributed by atoms with Crippen molar-refractivity contribution in [2.75, 3.05) is 18.5 Å². The number of nitriles is 1. The van der Waals surface area contributed by atoms with Gasteiger partial charge in [0.05, 0.1) is 29.0 Å². The van der Waals surface area contributed by atoms with Gasteiger partial charge in [0, 0.05) is 6.54 Å². The molecule has 2 aromatic rings. The summed E-state index contributed by atoms with van der Waals surface area (Å²) in [4.78, 5) is 0. The summed E-state index contributed by atoms with van der Waals surface area (Å²) >= 11 is 1.01. The first-order chi connectivity index (χ1) is 9.69. The van der Waals surface area contributed by atoms with Gasteiger partial charge >= 0.3 is 0 Å². The van der Waals surface area contributed by atoms with Crippen molar-refractivity contribution in [1.29, 1.82) is 5.26 Å². The Labute approximate surface area is 118 Å². The molecule has 0 saturated heterocycles. The highest BCUT2D eigenvalue weighted by Crippen LogP contribution is 2.15. The van der Waals surface area contributed by atoms with Gasteiger partial charge in [0.15, 0.2) is 0 Å². The molecule has 6 nitrogen and oxygen atoms in total. The van der Waals surface area contributed by atoms with E-state index in [1.807, 2.05) is 6.07 Å². The minimum Gasteiger partial charge on any atom is -0.473 e. The lowest BCUT2D eigenvalue weighted by Gasteiger charge is -2.13. The van der Waals surface area contributed by atoms with Crippen LogP contribution in [0.1, 0.15) is 5.56 Å². The molecule has 2 rings (SSSR count). The van der Waals surface area contributed by atoms with Crippen LogP contribution in [0.2, 0.25) is 0 Å². The second kappa shape index (κ2) is 6.79. The molecule has 0 fully saturated rings. The molecule has 0 radical (unpaired) electrons. The lowest BCUT2D eigenvalue weighted by Crippen LogP contribution is -2.26. The third-order valence-electron chi connectivity index (χ3n) is 2.39. The quantitative estimate of drug-likeness (QED) is 0.837. The van der Waals surface area contributed by atoms with Crippen molar-refractivity contribution >= 4 is 17.4 Å². The SMILES string of the molecule is N#Cc1ccc(NCC(O)COc2cnsn2)c(F)c1. The van der Waals surface area contributed by atoms with Gasteiger partial charge in [-0.15, -0.1) is 4.37 Å². The fraction of sp³-hybridized carbons (Fsp3) is 0.250. The average molecular weight is 294 g/mol. The largest absolute Gasteiger partial charge is 0.473 e. The third-order valence-corrected chi connectivity index (χ3v) is 2.85. The molecular formula is C12H11FN4O2S. The Hall–Kier alpha value is -2.24. The van der Waals surface area contributed by atoms with Crippen molar-refractivity contribution < 1.29 is 14.2 Å². The van der Waals surface area contributed by atoms with Gasteiger partial charge in [-0.3, -0.25) is 0 Å². The Morgan fingerprint density at radius 3 is 3.05 bits per heavy atom. The maximum Gasteiger partial charge on any atom is 0.245 e. The highest BCUT2D eigenvalue weighted by Gasteiger charge is 2.09. The molecule has 0 bridgehead atoms. The van der Waals surface area contributed by atoms with Crippen LogP contribution in [0.4, 0.5) is 10.1 Å². The number of rotatable bonds is 6. The molecule has 0 aliphatic rings. The van der Waals surface area contributed by atoms with Crippen molar-refractivity contribution in [3.05, 3.63) is 35.8 Å². The Bertz CT molecular complexity index is 600. The summed E-state index contributed by atoms with van der Waals surface area (Å²) in [5.74, 6) is -0.195. The zero-order valence-corrected chi connectivity index (χ0v) is 11.1. The number of aliphatic hydroxyl groups excluding tert-OH is 1. The predicted octanol–water partition coefficient (Wildman–Crippen LogP) is 1.40. The second-order valence-corrected chi connectivity index (χ2v) is 4.45. The molecule has 1 aromatic heterocycles. The molecule has 0 spiro atoms. The first-order valence-corrected chi connectivity index (χ1v) is 6.44. The number of hydrogen-bond acceptors (Lipinski definition) is 7. The van der Waals surface area contributed by atoms with Gasteiger partial charge < -0.3 is 15.2 Å². The molecule has 20 heavy (non-hydrogen) atoms. The summed E-state index contributed by atoms with van der Waals surface area (Å²) < 4.78 is 26.3. The van der Waals surface area contributed by atoms with E-state index in [1.165, 1.54) is 18.3 Å². The molecule has 1 heterocycles. The number of anilines is 1. The number of aromatic nitrogens is 2. The molecule has 1 unspecified atom stereocenters. The van der Waals surface area contributed by atoms with Gasteiger partial charge in [0.25, 0.3) is 0 Å². The van der Waals surface area contributed by atoms with E-state index in [4.69, 9.17) is 10.00 Å². The highest BCUT2D eigenvalue weighted by molar-refractivity contribution is 6.99. The summed E-state index contributed by atoms with van der Waals surface area (Å²) in [7, 11) is 0. The van der Waals surface area contributed by atoms with E-state index < -0.39 is 11.9 Å². The number of nitrogens with one attached hydrogen (secondary N) is 1. The van der Waals surface area contributed by atoms with E-state index in [9.17, 15) is 9.50 Å². The van der Waals surface area contributed by atoms with Crippen LogP contribution in [0, 0.1) is 17.1 Å². The minimum absolute atomic E-state index is 0.0241. The fourth-order valence-corrected chi connectivity index (χ4v) is 1.78. The van der Waals surface area contributed by atoms with E-state index in [0.717, 1.165) is 17.8 Å². The van der Waals surface area contributed by atoms with E-state index in [1.54, 1.807) is 0 Å². The maximum atomic E-state index is 13.6. The summed E-state index contributed by atoms with van der Waals surface area (Å²) in [6, 6.07) is 5.92. The summed E-state index contributed by atoms with van der Waals surface area (Å²) in [5, 5.41) is 21.1. The van der Waals surface area contributed by atoms with Gasteiger partial charge in [0.1, 0.15) is 24.7 Å². The Morgan fingerprint density at radius 2 is 2.40 bits per heavy atom. The van der Waals surface area contributed by atoms with Gasteiger partial charge in [-0.05, 0) is 18.2 Å². The smallest absolute Gasteiger partial charge is 0.245 e. The van der Waals surface area contributed by atoms with Crippen LogP contribution >= 0.6 is 11.7 Å². The van der Waals surface area contributed by atoms with Gasteiger partial charge in [-0.25, -0.2) is 4.39 Å². The topological polar surface area (TPSA) is 91.1 Å². The van der Waals surface area contributed by atoms with Crippen LogP contribution in [-0.2, 0) is 0 Å². The lowest BCUT2D eigenvalue weighted by atomic mass is 10.2. The third kappa shape index (κ3) is 3.88. The van der Waals surface area contributed by atoms with E-state index >= 15 is 0 Å². The van der Waals surface area contributed by atoms with Gasteiger partial charge in [-0.1, -0.05) is 0 Å². The van der Waals surface area contributed by atoms with E-state index in [2.05, 4.69) is 14.1 Å². The molecule has 1 aromatic carbocycles. The zero-order chi connectivity index (χ0) is 14.4. The molecule has 8 heteroatoms. The number of aliphatic hydroxyl groups is 1. The number of ether oxygens (including phenoxy) is 1. The fourth-order valence-electron chi connectivity index (χ4n) is 1.42. The minimum atomic E-state index is -0.827. The van der Waals surface area contributed by atoms with Crippen LogP contribution in [-0.4, -0.2) is 33.1 Å². The Morgan fingerprint density at radius 1 is 1.55 bits per heavy atom. The van der Waals surface area contributed by atoms with Crippen LogP contribution in [0.3, 0.4) is 0 Å². The average Bonchev–Trinajstić information content (AvgIpc) is 2.97. The predicted molar refractivity (Wildman–Crippen MR) is 71.0 cm³/mol. The Balaban J connectivity index is 1.81. The van der Waals surface area contributed by atoms with Gasteiger partial charge in [-0.2, -0.15) is 9.64 Å². The van der Waals surface area contributed by atoms with Crippen molar-refractivity contribution in [3.8, 4) is 11.9 Å². The summed E-state index contributed by atoms with van der Waals surface area (Å²) in [5.41, 5.74) is 0.464. The first-order valence-electron chi connectivity index (χ1n) is 5.71. The van der Waals surface area contributed by atoms with Crippen molar-refractivity contribution in [2.45, 2.75) is 6.10 Å². The number of hydrogen-bond donors (Lipinski definition) is 2. The van der Waals surface area contributed by atoms with Crippen LogP contribution < -0.4 is 10.1 Å². The van der Waals surface area contributed by atoms with Crippen LogP contribution in [0.15, 0.2) is 24.4 Å². The molecule has 0 saturated carbocycles. The second-order valence-electron chi connectivity index (χ2n) is 3.90. The molecule has 104 valence electrons. The zero-order valence-electron chi connectivity index (χ0n) is 10.3. The maximum absolute atomic E-state index is 13.6. The lowest BCUT2D eigenvalue weighted by molar-refractivity contribution is 0.115. The normalized spacial score (nSPS) is 11.7. The first kappa shape index (κ1) is 14.2. The Kier molecular flexibility index (Phi) is 4.81. The summed E-state index contributed by atoms with van der Waals surface area (Å²) in [6.45, 7) is 0.136. The number of nitrogens with zero attached hydrogens (tertiary/aromatic N) is 3. The molecule has 0 amide bonds. The van der Waals surface area contributed by atoms with E-state index in [-0.39, 0.29) is 24.4 Å².